The molecule has 5 heavy (non-hydrogen) atoms. The van der Waals surface area contributed by atoms with Gasteiger partial charge >= 0.3 is 0 Å². The van der Waals surface area contributed by atoms with E-state index >= 15 is 0 Å². The molecule has 0 spiro atoms. The van der Waals surface area contributed by atoms with Crippen LogP contribution in [-0.4, -0.2) is 0 Å². The largest absolute Gasteiger partial charge is 0.671 e. The van der Waals surface area contributed by atoms with Crippen LogP contribution in [0.5, 0.6) is 0 Å². The Hall–Kier alpha value is 0.644. The maximum absolute atomic E-state index is 4.06. The molecule has 1 nitrogen and oxygen atoms in total. The Morgan fingerprint density at radius 2 is 2.00 bits per heavy atom. The van der Waals surface area contributed by atoms with Crippen LogP contribution in [0.1, 0.15) is 0 Å². The van der Waals surface area contributed by atoms with Crippen molar-refractivity contribution in [1.29, 1.82) is 0 Å². The summed E-state index contributed by atoms with van der Waals surface area (Å²) in [5, 5.41) is 0. The molecule has 0 N–H and O–H groups in total. The van der Waals surface area contributed by atoms with Gasteiger partial charge in [0.2, 0.25) is 0 Å². The molecule has 0 unspecified atom stereocenters. The molecule has 0 aliphatic rings. The van der Waals surface area contributed by atoms with Crippen LogP contribution in [0.15, 0.2) is 12.8 Å². The second-order valence-corrected chi connectivity index (χ2v) is 0.333. The van der Waals surface area contributed by atoms with Crippen molar-refractivity contribution in [2.75, 3.05) is 0 Å². The summed E-state index contributed by atoms with van der Waals surface area (Å²) in [5.74, 6) is 0. The average molecular weight is 146 g/mol. The average Bonchev–Trinajstić information content (AvgIpc) is 1.37. The molecule has 0 saturated carbocycles. The summed E-state index contributed by atoms with van der Waals surface area (Å²) in [4.78, 5) is 0. The first-order valence-corrected chi connectivity index (χ1v) is 0.933. The first-order valence-electron chi connectivity index (χ1n) is 0.933. The smallest absolute Gasteiger partial charge is 0.0385 e. The van der Waals surface area contributed by atoms with Crippen molar-refractivity contribution in [3.63, 3.8) is 0 Å². The molecule has 2 heteroatoms. The van der Waals surface area contributed by atoms with Crippen molar-refractivity contribution in [3.8, 4) is 0 Å². The van der Waals surface area contributed by atoms with Crippen LogP contribution < -0.4 is 0 Å². The number of ether oxygens (including phenoxy) is 1. The fraction of sp³-hybridized carbons (Fsp3) is 0. The van der Waals surface area contributed by atoms with Gasteiger partial charge in [0.1, 0.15) is 0 Å². The summed E-state index contributed by atoms with van der Waals surface area (Å²) < 4.78 is 4.06. The SMILES string of the molecule is C=CO[CH2-].[Y]. The fourth-order valence-corrected chi connectivity index (χ4v) is 0. The maximum atomic E-state index is 4.06. The van der Waals surface area contributed by atoms with E-state index in [1.54, 1.807) is 0 Å². The Morgan fingerprint density at radius 3 is 2.00 bits per heavy atom. The molecule has 27 valence electrons. The van der Waals surface area contributed by atoms with E-state index in [9.17, 15) is 0 Å². The molecule has 0 heterocycles. The van der Waals surface area contributed by atoms with Gasteiger partial charge in [-0.1, -0.05) is 6.58 Å². The summed E-state index contributed by atoms with van der Waals surface area (Å²) in [7, 11) is 2.99. The Bertz CT molecular complexity index is 20.9. The van der Waals surface area contributed by atoms with E-state index in [1.807, 2.05) is 0 Å². The minimum Gasteiger partial charge on any atom is -0.671 e. The third-order valence-corrected chi connectivity index (χ3v) is 0.118. The van der Waals surface area contributed by atoms with Gasteiger partial charge in [0.15, 0.2) is 0 Å². The zero-order valence-electron chi connectivity index (χ0n) is 2.98. The van der Waals surface area contributed by atoms with Crippen molar-refractivity contribution in [2.45, 2.75) is 0 Å². The molecule has 0 aliphatic carbocycles. The normalized spacial score (nSPS) is 4.20. The minimum atomic E-state index is 0. The van der Waals surface area contributed by atoms with E-state index in [0.29, 0.717) is 0 Å². The second kappa shape index (κ2) is 8.82. The third-order valence-electron chi connectivity index (χ3n) is 0.118. The van der Waals surface area contributed by atoms with Gasteiger partial charge in [-0.15, -0.1) is 0 Å². The van der Waals surface area contributed by atoms with Crippen molar-refractivity contribution in [2.24, 2.45) is 0 Å². The van der Waals surface area contributed by atoms with Crippen molar-refractivity contribution >= 4 is 0 Å². The van der Waals surface area contributed by atoms with E-state index in [-0.39, 0.29) is 32.7 Å². The van der Waals surface area contributed by atoms with Crippen LogP contribution in [0, 0.1) is 7.11 Å². The van der Waals surface area contributed by atoms with Gasteiger partial charge < -0.3 is 4.74 Å². The fourth-order valence-electron chi connectivity index (χ4n) is 0. The molecule has 0 rings (SSSR count). The van der Waals surface area contributed by atoms with E-state index in [0.717, 1.165) is 0 Å². The number of rotatable bonds is 1. The van der Waals surface area contributed by atoms with Gasteiger partial charge in [-0.25, -0.2) is 0 Å². The van der Waals surface area contributed by atoms with Crippen molar-refractivity contribution < 1.29 is 37.4 Å². The number of hydrogen-bond donors (Lipinski definition) is 0. The zero-order chi connectivity index (χ0) is 3.41. The standard InChI is InChI=1S/C3H5O.Y/c1-3-4-2;/h3H,1-2H2;/q-1;. The van der Waals surface area contributed by atoms with Crippen molar-refractivity contribution in [3.05, 3.63) is 20.0 Å². The van der Waals surface area contributed by atoms with Gasteiger partial charge in [0.05, 0.1) is 0 Å². The van der Waals surface area contributed by atoms with Crippen LogP contribution in [0.25, 0.3) is 0 Å². The molecule has 0 aliphatic heterocycles. The van der Waals surface area contributed by atoms with E-state index in [2.05, 4.69) is 18.4 Å². The van der Waals surface area contributed by atoms with Gasteiger partial charge in [0, 0.05) is 39.0 Å². The summed E-state index contributed by atoms with van der Waals surface area (Å²) in [5.41, 5.74) is 0. The predicted octanol–water partition coefficient (Wildman–Crippen LogP) is 0.936. The quantitative estimate of drug-likeness (QED) is 0.395. The molecule has 0 aromatic heterocycles. The first kappa shape index (κ1) is 9.17. The molecule has 0 fully saturated rings. The van der Waals surface area contributed by atoms with Gasteiger partial charge in [-0.3, -0.25) is 0 Å². The Morgan fingerprint density at radius 1 is 1.80 bits per heavy atom. The van der Waals surface area contributed by atoms with Gasteiger partial charge in [-0.2, -0.15) is 7.11 Å². The molecular formula is C3H5OY-. The predicted molar refractivity (Wildman–Crippen MR) is 16.6 cm³/mol. The number of hydrogen-bond acceptors (Lipinski definition) is 1. The monoisotopic (exact) mass is 146 g/mol. The van der Waals surface area contributed by atoms with Crippen LogP contribution >= 0.6 is 0 Å². The summed E-state index contributed by atoms with van der Waals surface area (Å²) in [6, 6.07) is 0. The Kier molecular flexibility index (Phi) is 16.2. The topological polar surface area (TPSA) is 9.23 Å². The van der Waals surface area contributed by atoms with Crippen LogP contribution in [0.2, 0.25) is 0 Å². The minimum absolute atomic E-state index is 0. The maximum Gasteiger partial charge on any atom is 0.0385 e. The Balaban J connectivity index is 0. The summed E-state index contributed by atoms with van der Waals surface area (Å²) in [6.45, 7) is 3.19. The molecule has 0 bridgehead atoms. The zero-order valence-corrected chi connectivity index (χ0v) is 5.82. The van der Waals surface area contributed by atoms with Gasteiger partial charge in [0.25, 0.3) is 0 Å². The van der Waals surface area contributed by atoms with Crippen LogP contribution in [0.4, 0.5) is 0 Å². The van der Waals surface area contributed by atoms with Crippen molar-refractivity contribution in [1.82, 2.24) is 0 Å². The summed E-state index contributed by atoms with van der Waals surface area (Å²) in [6.07, 6.45) is 1.26. The van der Waals surface area contributed by atoms with E-state index in [1.165, 1.54) is 6.26 Å². The molecule has 0 saturated heterocycles. The van der Waals surface area contributed by atoms with Gasteiger partial charge in [-0.05, 0) is 0 Å². The summed E-state index contributed by atoms with van der Waals surface area (Å²) >= 11 is 0. The molecule has 0 aromatic carbocycles. The molecule has 0 amide bonds. The second-order valence-electron chi connectivity index (χ2n) is 0.333. The molecular weight excluding hydrogens is 141 g/mol. The molecule has 0 aromatic rings. The molecule has 1 radical (unpaired) electrons. The Labute approximate surface area is 57.3 Å². The first-order chi connectivity index (χ1) is 1.91. The van der Waals surface area contributed by atoms with E-state index < -0.39 is 0 Å². The van der Waals surface area contributed by atoms with Crippen LogP contribution in [0.3, 0.4) is 0 Å². The van der Waals surface area contributed by atoms with E-state index in [4.69, 9.17) is 0 Å². The van der Waals surface area contributed by atoms with Crippen LogP contribution in [-0.2, 0) is 37.4 Å². The molecule has 0 atom stereocenters. The third kappa shape index (κ3) is 12.0.